The lowest BCUT2D eigenvalue weighted by atomic mass is 10.0. The van der Waals surface area contributed by atoms with Gasteiger partial charge < -0.3 is 14.0 Å². The second-order valence-electron chi connectivity index (χ2n) is 7.44. The van der Waals surface area contributed by atoms with E-state index >= 15 is 0 Å². The van der Waals surface area contributed by atoms with Gasteiger partial charge in [-0.05, 0) is 54.8 Å². The number of ether oxygens (including phenoxy) is 2. The highest BCUT2D eigenvalue weighted by Gasteiger charge is 2.18. The molecule has 1 amide bonds. The fourth-order valence-electron chi connectivity index (χ4n) is 3.80. The summed E-state index contributed by atoms with van der Waals surface area (Å²) < 4.78 is 13.6. The summed E-state index contributed by atoms with van der Waals surface area (Å²) in [6.45, 7) is 6.45. The van der Waals surface area contributed by atoms with Crippen molar-refractivity contribution in [3.05, 3.63) is 70.5 Å². The number of amides is 1. The van der Waals surface area contributed by atoms with Gasteiger partial charge in [0.05, 0.1) is 29.0 Å². The first kappa shape index (κ1) is 22.7. The van der Waals surface area contributed by atoms with Crippen molar-refractivity contribution in [1.82, 2.24) is 4.57 Å². The minimum absolute atomic E-state index is 0.0146. The predicted octanol–water partition coefficient (Wildman–Crippen LogP) is 5.12. The van der Waals surface area contributed by atoms with Crippen molar-refractivity contribution in [1.29, 1.82) is 0 Å². The average Bonchev–Trinajstić information content (AvgIpc) is 3.14. The molecule has 1 aromatic heterocycles. The van der Waals surface area contributed by atoms with Crippen molar-refractivity contribution in [3.8, 4) is 5.75 Å². The summed E-state index contributed by atoms with van der Waals surface area (Å²) in [7, 11) is 0. The van der Waals surface area contributed by atoms with E-state index in [1.807, 2.05) is 49.4 Å². The van der Waals surface area contributed by atoms with Crippen LogP contribution in [0, 0.1) is 0 Å². The number of hydrogen-bond donors (Lipinski definition) is 0. The standard InChI is InChI=1S/C26H26N2O4S/c1-4-17-11-13-20-22(15-17)33-26(28(20)16-23(29)32-6-3)27-25(30)24-19-10-8-7-9-18(19)12-14-21(24)31-5-2/h7-15H,4-6,16H2,1-3H3. The molecule has 170 valence electrons. The quantitative estimate of drug-likeness (QED) is 0.358. The third-order valence-corrected chi connectivity index (χ3v) is 6.39. The fraction of sp³-hybridized carbons (Fsp3) is 0.269. The van der Waals surface area contributed by atoms with Gasteiger partial charge in [0, 0.05) is 0 Å². The third-order valence-electron chi connectivity index (χ3n) is 5.35. The van der Waals surface area contributed by atoms with Gasteiger partial charge in [0.25, 0.3) is 5.91 Å². The van der Waals surface area contributed by atoms with Crippen LogP contribution in [0.25, 0.3) is 21.0 Å². The molecule has 3 aromatic carbocycles. The maximum absolute atomic E-state index is 13.5. The maximum atomic E-state index is 13.5. The van der Waals surface area contributed by atoms with Crippen molar-refractivity contribution in [2.24, 2.45) is 4.99 Å². The largest absolute Gasteiger partial charge is 0.493 e. The van der Waals surface area contributed by atoms with E-state index in [0.717, 1.165) is 27.4 Å². The lowest BCUT2D eigenvalue weighted by molar-refractivity contribution is -0.143. The lowest BCUT2D eigenvalue weighted by Crippen LogP contribution is -2.23. The van der Waals surface area contributed by atoms with E-state index in [1.165, 1.54) is 16.9 Å². The van der Waals surface area contributed by atoms with Crippen LogP contribution >= 0.6 is 11.3 Å². The van der Waals surface area contributed by atoms with Crippen LogP contribution in [0.4, 0.5) is 0 Å². The minimum atomic E-state index is -0.407. The molecular weight excluding hydrogens is 436 g/mol. The summed E-state index contributed by atoms with van der Waals surface area (Å²) in [6, 6.07) is 17.5. The Kier molecular flexibility index (Phi) is 6.89. The molecule has 0 N–H and O–H groups in total. The Bertz CT molecular complexity index is 1400. The van der Waals surface area contributed by atoms with Gasteiger partial charge in [-0.25, -0.2) is 0 Å². The molecule has 4 rings (SSSR count). The molecule has 0 radical (unpaired) electrons. The summed E-state index contributed by atoms with van der Waals surface area (Å²) in [6.07, 6.45) is 0.894. The number of esters is 1. The number of rotatable bonds is 7. The summed E-state index contributed by atoms with van der Waals surface area (Å²) in [5.41, 5.74) is 2.45. The van der Waals surface area contributed by atoms with Gasteiger partial charge in [0.1, 0.15) is 12.3 Å². The SMILES string of the molecule is CCOC(=O)Cn1c(=NC(=O)c2c(OCC)ccc3ccccc23)sc2cc(CC)ccc21. The van der Waals surface area contributed by atoms with Crippen molar-refractivity contribution >= 4 is 44.2 Å². The highest BCUT2D eigenvalue weighted by atomic mass is 32.1. The first-order valence-electron chi connectivity index (χ1n) is 11.1. The molecular formula is C26H26N2O4S. The first-order valence-corrected chi connectivity index (χ1v) is 11.9. The average molecular weight is 463 g/mol. The fourth-order valence-corrected chi connectivity index (χ4v) is 4.89. The molecule has 33 heavy (non-hydrogen) atoms. The summed E-state index contributed by atoms with van der Waals surface area (Å²) in [4.78, 5) is 30.8. The molecule has 0 aliphatic heterocycles. The zero-order valence-electron chi connectivity index (χ0n) is 19.0. The van der Waals surface area contributed by atoms with E-state index in [0.29, 0.717) is 29.3 Å². The van der Waals surface area contributed by atoms with Gasteiger partial charge >= 0.3 is 5.97 Å². The predicted molar refractivity (Wildman–Crippen MR) is 131 cm³/mol. The Balaban J connectivity index is 1.90. The first-order chi connectivity index (χ1) is 16.0. The van der Waals surface area contributed by atoms with Gasteiger partial charge in [0.2, 0.25) is 0 Å². The number of aryl methyl sites for hydroxylation is 1. The Morgan fingerprint density at radius 2 is 1.82 bits per heavy atom. The van der Waals surface area contributed by atoms with Gasteiger partial charge in [-0.15, -0.1) is 0 Å². The molecule has 1 heterocycles. The maximum Gasteiger partial charge on any atom is 0.326 e. The van der Waals surface area contributed by atoms with Gasteiger partial charge in [-0.1, -0.05) is 54.7 Å². The van der Waals surface area contributed by atoms with Crippen LogP contribution in [0.5, 0.6) is 5.75 Å². The summed E-state index contributed by atoms with van der Waals surface area (Å²) in [5.74, 6) is -0.280. The minimum Gasteiger partial charge on any atom is -0.493 e. The van der Waals surface area contributed by atoms with Gasteiger partial charge in [-0.3, -0.25) is 9.59 Å². The molecule has 0 aliphatic rings. The van der Waals surface area contributed by atoms with E-state index in [2.05, 4.69) is 18.0 Å². The molecule has 0 spiro atoms. The van der Waals surface area contributed by atoms with Crippen LogP contribution in [-0.4, -0.2) is 29.7 Å². The monoisotopic (exact) mass is 462 g/mol. The molecule has 0 saturated carbocycles. The number of aromatic nitrogens is 1. The normalized spacial score (nSPS) is 11.8. The Hall–Kier alpha value is -3.45. The van der Waals surface area contributed by atoms with Crippen LogP contribution in [-0.2, 0) is 22.5 Å². The van der Waals surface area contributed by atoms with E-state index in [4.69, 9.17) is 9.47 Å². The van der Waals surface area contributed by atoms with Crippen LogP contribution < -0.4 is 9.54 Å². The molecule has 0 aliphatic carbocycles. The van der Waals surface area contributed by atoms with Crippen LogP contribution in [0.3, 0.4) is 0 Å². The van der Waals surface area contributed by atoms with E-state index in [1.54, 1.807) is 17.6 Å². The van der Waals surface area contributed by atoms with E-state index < -0.39 is 5.91 Å². The molecule has 0 unspecified atom stereocenters. The van der Waals surface area contributed by atoms with Crippen LogP contribution in [0.15, 0.2) is 59.6 Å². The summed E-state index contributed by atoms with van der Waals surface area (Å²) >= 11 is 1.39. The Labute approximate surface area is 196 Å². The summed E-state index contributed by atoms with van der Waals surface area (Å²) in [5, 5.41) is 1.71. The third kappa shape index (κ3) is 4.68. The molecule has 7 heteroatoms. The molecule has 4 aromatic rings. The highest BCUT2D eigenvalue weighted by molar-refractivity contribution is 7.16. The topological polar surface area (TPSA) is 69.9 Å². The number of fused-ring (bicyclic) bond motifs is 2. The molecule has 0 fully saturated rings. The van der Waals surface area contributed by atoms with Crippen molar-refractivity contribution < 1.29 is 19.1 Å². The van der Waals surface area contributed by atoms with Crippen LogP contribution in [0.2, 0.25) is 0 Å². The molecule has 0 atom stereocenters. The second-order valence-corrected chi connectivity index (χ2v) is 8.45. The number of thiazole rings is 1. The zero-order valence-corrected chi connectivity index (χ0v) is 19.8. The van der Waals surface area contributed by atoms with Gasteiger partial charge in [-0.2, -0.15) is 4.99 Å². The Morgan fingerprint density at radius 1 is 1.00 bits per heavy atom. The smallest absolute Gasteiger partial charge is 0.326 e. The number of carbonyl (C=O) groups excluding carboxylic acids is 2. The van der Waals surface area contributed by atoms with Crippen molar-refractivity contribution in [3.63, 3.8) is 0 Å². The number of hydrogen-bond acceptors (Lipinski definition) is 5. The molecule has 0 bridgehead atoms. The number of nitrogens with zero attached hydrogens (tertiary/aromatic N) is 2. The van der Waals surface area contributed by atoms with E-state index in [-0.39, 0.29) is 12.5 Å². The number of carbonyl (C=O) groups is 2. The second kappa shape index (κ2) is 10.0. The highest BCUT2D eigenvalue weighted by Crippen LogP contribution is 2.29. The zero-order chi connectivity index (χ0) is 23.4. The van der Waals surface area contributed by atoms with Crippen molar-refractivity contribution in [2.75, 3.05) is 13.2 Å². The van der Waals surface area contributed by atoms with Crippen LogP contribution in [0.1, 0.15) is 36.7 Å². The van der Waals surface area contributed by atoms with E-state index in [9.17, 15) is 9.59 Å². The van der Waals surface area contributed by atoms with Crippen molar-refractivity contribution in [2.45, 2.75) is 33.7 Å². The molecule has 0 saturated heterocycles. The Morgan fingerprint density at radius 3 is 2.58 bits per heavy atom. The van der Waals surface area contributed by atoms with Gasteiger partial charge in [0.15, 0.2) is 4.80 Å². The number of benzene rings is 3. The molecule has 6 nitrogen and oxygen atoms in total. The lowest BCUT2D eigenvalue weighted by Gasteiger charge is -2.11.